The summed E-state index contributed by atoms with van der Waals surface area (Å²) in [7, 11) is -2.17. The fraction of sp³-hybridized carbons (Fsp3) is 0.900. The van der Waals surface area contributed by atoms with Crippen LogP contribution in [0.15, 0.2) is 0 Å². The molecule has 0 N–H and O–H groups in total. The molecule has 16 heavy (non-hydrogen) atoms. The Balaban J connectivity index is 4.63. The minimum absolute atomic E-state index is 0.235. The zero-order valence-corrected chi connectivity index (χ0v) is 11.1. The van der Waals surface area contributed by atoms with Crippen LogP contribution in [0.5, 0.6) is 0 Å². The van der Waals surface area contributed by atoms with Crippen molar-refractivity contribution < 1.29 is 18.6 Å². The van der Waals surface area contributed by atoms with Crippen LogP contribution < -0.4 is 0 Å². The Kier molecular flexibility index (Phi) is 8.50. The molecule has 0 saturated heterocycles. The predicted molar refractivity (Wildman–Crippen MR) is 61.5 cm³/mol. The summed E-state index contributed by atoms with van der Waals surface area (Å²) in [6, 6.07) is 2.00. The maximum absolute atomic E-state index is 11.5. The maximum atomic E-state index is 11.5. The summed E-state index contributed by atoms with van der Waals surface area (Å²) in [5.41, 5.74) is 0. The highest BCUT2D eigenvalue weighted by atomic mass is 31.1. The van der Waals surface area contributed by atoms with Gasteiger partial charge >= 0.3 is 0 Å². The first-order valence-corrected chi connectivity index (χ1v) is 7.03. The van der Waals surface area contributed by atoms with Gasteiger partial charge in [0.15, 0.2) is 8.03 Å². The largest absolute Gasteiger partial charge is 0.327 e. The minimum atomic E-state index is -2.17. The molecule has 0 aromatic carbocycles. The molecular weight excluding hydrogens is 229 g/mol. The molecule has 0 spiro atoms. The SMILES string of the molecule is CCOC(CCC#N)(OCC)O[PH](=O)CC. The van der Waals surface area contributed by atoms with Crippen LogP contribution in [0, 0.1) is 11.3 Å². The molecule has 6 heteroatoms. The van der Waals surface area contributed by atoms with Crippen LogP contribution >= 0.6 is 8.03 Å². The first-order chi connectivity index (χ1) is 7.64. The first kappa shape index (κ1) is 15.6. The van der Waals surface area contributed by atoms with Crippen LogP contribution in [-0.2, 0) is 18.6 Å². The van der Waals surface area contributed by atoms with Gasteiger partial charge in [-0.2, -0.15) is 5.26 Å². The molecular formula is C10H20NO4P. The molecule has 1 unspecified atom stereocenters. The molecule has 0 rings (SSSR count). The van der Waals surface area contributed by atoms with Crippen molar-refractivity contribution in [1.29, 1.82) is 5.26 Å². The molecule has 0 fully saturated rings. The van der Waals surface area contributed by atoms with Crippen LogP contribution in [0.3, 0.4) is 0 Å². The van der Waals surface area contributed by atoms with Crippen LogP contribution in [0.1, 0.15) is 33.6 Å². The molecule has 5 nitrogen and oxygen atoms in total. The molecule has 0 aliphatic carbocycles. The van der Waals surface area contributed by atoms with E-state index in [4.69, 9.17) is 19.3 Å². The Hall–Kier alpha value is -0.400. The molecule has 0 aromatic rings. The average Bonchev–Trinajstić information content (AvgIpc) is 2.27. The molecule has 0 saturated carbocycles. The van der Waals surface area contributed by atoms with Gasteiger partial charge in [0, 0.05) is 32.2 Å². The van der Waals surface area contributed by atoms with Crippen LogP contribution in [-0.4, -0.2) is 25.3 Å². The van der Waals surface area contributed by atoms with Crippen molar-refractivity contribution in [3.8, 4) is 6.07 Å². The van der Waals surface area contributed by atoms with E-state index in [2.05, 4.69) is 0 Å². The third kappa shape index (κ3) is 5.62. The second kappa shape index (κ2) is 8.72. The second-order valence-electron chi connectivity index (χ2n) is 3.03. The highest BCUT2D eigenvalue weighted by Gasteiger charge is 2.34. The molecule has 0 heterocycles. The van der Waals surface area contributed by atoms with E-state index in [1.807, 2.05) is 6.07 Å². The van der Waals surface area contributed by atoms with Gasteiger partial charge in [-0.25, -0.2) is 0 Å². The molecule has 0 amide bonds. The third-order valence-corrected chi connectivity index (χ3v) is 2.95. The Labute approximate surface area is 97.5 Å². The van der Waals surface area contributed by atoms with Crippen LogP contribution in [0.25, 0.3) is 0 Å². The standard InChI is InChI=1S/C10H20NO4P/c1-4-13-10(14-5-2,8-7-9-11)15-16(12)6-3/h16H,4-8H2,1-3H3. The Morgan fingerprint density at radius 2 is 1.81 bits per heavy atom. The highest BCUT2D eigenvalue weighted by molar-refractivity contribution is 7.39. The number of rotatable bonds is 9. The smallest absolute Gasteiger partial charge is 0.289 e. The van der Waals surface area contributed by atoms with Gasteiger partial charge in [0.1, 0.15) is 0 Å². The van der Waals surface area contributed by atoms with E-state index in [0.29, 0.717) is 19.4 Å². The summed E-state index contributed by atoms with van der Waals surface area (Å²) in [6.07, 6.45) is 0.930. The lowest BCUT2D eigenvalue weighted by molar-refractivity contribution is -0.341. The maximum Gasteiger partial charge on any atom is 0.289 e. The van der Waals surface area contributed by atoms with E-state index < -0.39 is 14.0 Å². The van der Waals surface area contributed by atoms with E-state index in [-0.39, 0.29) is 12.8 Å². The summed E-state index contributed by atoms with van der Waals surface area (Å²) < 4.78 is 27.5. The van der Waals surface area contributed by atoms with E-state index in [1.54, 1.807) is 20.8 Å². The summed E-state index contributed by atoms with van der Waals surface area (Å²) >= 11 is 0. The molecule has 0 radical (unpaired) electrons. The molecule has 0 aliphatic rings. The molecule has 1 atom stereocenters. The van der Waals surface area contributed by atoms with Crippen molar-refractivity contribution in [3.05, 3.63) is 0 Å². The summed E-state index contributed by atoms with van der Waals surface area (Å²) in [5.74, 6) is -1.31. The number of hydrogen-bond acceptors (Lipinski definition) is 5. The van der Waals surface area contributed by atoms with Crippen LogP contribution in [0.2, 0.25) is 0 Å². The summed E-state index contributed by atoms with van der Waals surface area (Å²) in [6.45, 7) is 6.13. The molecule has 0 bridgehead atoms. The van der Waals surface area contributed by atoms with Crippen molar-refractivity contribution in [2.24, 2.45) is 0 Å². The fourth-order valence-electron chi connectivity index (χ4n) is 1.19. The zero-order chi connectivity index (χ0) is 12.4. The molecule has 0 aromatic heterocycles. The lowest BCUT2D eigenvalue weighted by atomic mass is 10.3. The monoisotopic (exact) mass is 249 g/mol. The second-order valence-corrected chi connectivity index (χ2v) is 4.69. The van der Waals surface area contributed by atoms with Gasteiger partial charge in [-0.15, -0.1) is 0 Å². The van der Waals surface area contributed by atoms with Gasteiger partial charge in [0.25, 0.3) is 5.97 Å². The number of hydrogen-bond donors (Lipinski definition) is 0. The van der Waals surface area contributed by atoms with Gasteiger partial charge in [-0.05, 0) is 13.8 Å². The van der Waals surface area contributed by atoms with Crippen molar-refractivity contribution in [2.45, 2.75) is 39.6 Å². The number of nitrogens with zero attached hydrogens (tertiary/aromatic N) is 1. The average molecular weight is 249 g/mol. The van der Waals surface area contributed by atoms with Crippen molar-refractivity contribution >= 4 is 8.03 Å². The highest BCUT2D eigenvalue weighted by Crippen LogP contribution is 2.34. The van der Waals surface area contributed by atoms with Gasteiger partial charge in [-0.3, -0.25) is 9.09 Å². The number of nitriles is 1. The lowest BCUT2D eigenvalue weighted by Gasteiger charge is -2.31. The van der Waals surface area contributed by atoms with Crippen LogP contribution in [0.4, 0.5) is 0 Å². The molecule has 0 aliphatic heterocycles. The predicted octanol–water partition coefficient (Wildman–Crippen LogP) is 2.53. The van der Waals surface area contributed by atoms with Crippen molar-refractivity contribution in [3.63, 3.8) is 0 Å². The van der Waals surface area contributed by atoms with Gasteiger partial charge in [-0.1, -0.05) is 6.92 Å². The summed E-state index contributed by atoms with van der Waals surface area (Å²) in [4.78, 5) is 0. The zero-order valence-electron chi connectivity index (χ0n) is 10.1. The quantitative estimate of drug-likeness (QED) is 0.464. The van der Waals surface area contributed by atoms with E-state index in [0.717, 1.165) is 0 Å². The van der Waals surface area contributed by atoms with E-state index >= 15 is 0 Å². The van der Waals surface area contributed by atoms with Gasteiger partial charge < -0.3 is 9.47 Å². The number of ether oxygens (including phenoxy) is 2. The van der Waals surface area contributed by atoms with E-state index in [9.17, 15) is 4.57 Å². The van der Waals surface area contributed by atoms with Crippen molar-refractivity contribution in [2.75, 3.05) is 19.4 Å². The first-order valence-electron chi connectivity index (χ1n) is 5.50. The fourth-order valence-corrected chi connectivity index (χ4v) is 1.90. The van der Waals surface area contributed by atoms with Crippen molar-refractivity contribution in [1.82, 2.24) is 0 Å². The Morgan fingerprint density at radius 3 is 2.19 bits per heavy atom. The summed E-state index contributed by atoms with van der Waals surface area (Å²) in [5, 5.41) is 8.57. The van der Waals surface area contributed by atoms with Gasteiger partial charge in [0.05, 0.1) is 6.07 Å². The van der Waals surface area contributed by atoms with E-state index in [1.165, 1.54) is 0 Å². The Morgan fingerprint density at radius 1 is 1.25 bits per heavy atom. The normalized spacial score (nSPS) is 13.4. The molecule has 94 valence electrons. The Bertz CT molecular complexity index is 246. The minimum Gasteiger partial charge on any atom is -0.327 e. The third-order valence-electron chi connectivity index (χ3n) is 1.83. The lowest BCUT2D eigenvalue weighted by Crippen LogP contribution is -2.37. The topological polar surface area (TPSA) is 68.6 Å². The van der Waals surface area contributed by atoms with Gasteiger partial charge in [0.2, 0.25) is 0 Å².